The molecular formula is C11H9ClF2N2O2. The van der Waals surface area contributed by atoms with Crippen molar-refractivity contribution in [1.29, 1.82) is 5.26 Å². The third kappa shape index (κ3) is 3.14. The molecule has 4 nitrogen and oxygen atoms in total. The number of nitrogens with zero attached hydrogens (tertiary/aromatic N) is 2. The normalized spacial score (nSPS) is 10.2. The molecule has 7 heteroatoms. The number of esters is 1. The van der Waals surface area contributed by atoms with E-state index in [9.17, 15) is 13.6 Å². The van der Waals surface area contributed by atoms with E-state index in [1.807, 2.05) is 0 Å². The largest absolute Gasteiger partial charge is 0.466 e. The van der Waals surface area contributed by atoms with Crippen LogP contribution in [0.5, 0.6) is 0 Å². The molecule has 96 valence electrons. The van der Waals surface area contributed by atoms with E-state index in [4.69, 9.17) is 16.9 Å². The van der Waals surface area contributed by atoms with Crippen LogP contribution in [-0.2, 0) is 16.0 Å². The summed E-state index contributed by atoms with van der Waals surface area (Å²) >= 11 is 5.56. The lowest BCUT2D eigenvalue weighted by Crippen LogP contribution is -2.11. The van der Waals surface area contributed by atoms with Crippen LogP contribution < -0.4 is 0 Å². The fourth-order valence-corrected chi connectivity index (χ4v) is 1.60. The van der Waals surface area contributed by atoms with E-state index in [1.54, 1.807) is 13.0 Å². The zero-order chi connectivity index (χ0) is 13.7. The molecule has 0 N–H and O–H groups in total. The zero-order valence-electron chi connectivity index (χ0n) is 9.41. The molecule has 0 amide bonds. The first-order valence-corrected chi connectivity index (χ1v) is 5.40. The Morgan fingerprint density at radius 1 is 1.67 bits per heavy atom. The Balaban J connectivity index is 3.20. The van der Waals surface area contributed by atoms with Crippen molar-refractivity contribution in [1.82, 2.24) is 4.98 Å². The van der Waals surface area contributed by atoms with Crippen molar-refractivity contribution >= 4 is 17.6 Å². The summed E-state index contributed by atoms with van der Waals surface area (Å²) in [4.78, 5) is 14.9. The van der Waals surface area contributed by atoms with E-state index in [-0.39, 0.29) is 23.7 Å². The maximum absolute atomic E-state index is 12.9. The predicted molar refractivity (Wildman–Crippen MR) is 59.3 cm³/mol. The average Bonchev–Trinajstić information content (AvgIpc) is 2.30. The van der Waals surface area contributed by atoms with E-state index in [0.29, 0.717) is 0 Å². The molecule has 1 heterocycles. The van der Waals surface area contributed by atoms with Gasteiger partial charge in [-0.1, -0.05) is 11.6 Å². The molecule has 0 aliphatic heterocycles. The first-order valence-electron chi connectivity index (χ1n) is 5.02. The number of carbonyl (C=O) groups is 1. The van der Waals surface area contributed by atoms with Gasteiger partial charge in [0.15, 0.2) is 0 Å². The van der Waals surface area contributed by atoms with Crippen LogP contribution in [0.1, 0.15) is 30.0 Å². The summed E-state index contributed by atoms with van der Waals surface area (Å²) in [6.07, 6.45) is -2.22. The Kier molecular flexibility index (Phi) is 4.98. The summed E-state index contributed by atoms with van der Waals surface area (Å²) in [5.74, 6) is -0.660. The summed E-state index contributed by atoms with van der Waals surface area (Å²) in [7, 11) is 0. The smallest absolute Gasteiger partial charge is 0.310 e. The number of pyridine rings is 1. The van der Waals surface area contributed by atoms with Crippen molar-refractivity contribution in [3.63, 3.8) is 0 Å². The number of hydrogen-bond donors (Lipinski definition) is 0. The maximum atomic E-state index is 12.9. The second-order valence-corrected chi connectivity index (χ2v) is 3.62. The molecule has 0 atom stereocenters. The van der Waals surface area contributed by atoms with E-state index in [1.165, 1.54) is 0 Å². The minimum absolute atomic E-state index is 0.0515. The Morgan fingerprint density at radius 3 is 2.83 bits per heavy atom. The quantitative estimate of drug-likeness (QED) is 0.625. The van der Waals surface area contributed by atoms with Crippen LogP contribution in [0.25, 0.3) is 0 Å². The van der Waals surface area contributed by atoms with Gasteiger partial charge < -0.3 is 4.74 Å². The van der Waals surface area contributed by atoms with E-state index < -0.39 is 23.5 Å². The summed E-state index contributed by atoms with van der Waals surface area (Å²) in [5, 5.41) is 8.48. The molecule has 0 aliphatic carbocycles. The van der Waals surface area contributed by atoms with E-state index in [0.717, 1.165) is 6.20 Å². The molecule has 1 rings (SSSR count). The van der Waals surface area contributed by atoms with Crippen molar-refractivity contribution in [2.75, 3.05) is 6.61 Å². The maximum Gasteiger partial charge on any atom is 0.310 e. The molecule has 1 aromatic rings. The van der Waals surface area contributed by atoms with Gasteiger partial charge >= 0.3 is 5.97 Å². The van der Waals surface area contributed by atoms with Crippen molar-refractivity contribution < 1.29 is 18.3 Å². The van der Waals surface area contributed by atoms with Gasteiger partial charge in [-0.15, -0.1) is 0 Å². The highest BCUT2D eigenvalue weighted by Gasteiger charge is 2.23. The lowest BCUT2D eigenvalue weighted by molar-refractivity contribution is -0.142. The molecule has 0 aliphatic rings. The molecule has 0 fully saturated rings. The molecule has 0 aromatic carbocycles. The van der Waals surface area contributed by atoms with Crippen LogP contribution in [0.3, 0.4) is 0 Å². The summed E-state index contributed by atoms with van der Waals surface area (Å²) in [5.41, 5.74) is -1.02. The molecule has 0 bridgehead atoms. The lowest BCUT2D eigenvalue weighted by Gasteiger charge is -2.10. The van der Waals surface area contributed by atoms with Crippen LogP contribution in [0.15, 0.2) is 6.20 Å². The second kappa shape index (κ2) is 6.26. The highest BCUT2D eigenvalue weighted by Crippen LogP contribution is 2.30. The van der Waals surface area contributed by atoms with Crippen LogP contribution in [0.4, 0.5) is 8.78 Å². The zero-order valence-corrected chi connectivity index (χ0v) is 10.2. The average molecular weight is 275 g/mol. The van der Waals surface area contributed by atoms with Gasteiger partial charge in [0.05, 0.1) is 18.6 Å². The molecule has 18 heavy (non-hydrogen) atoms. The highest BCUT2D eigenvalue weighted by atomic mass is 35.5. The van der Waals surface area contributed by atoms with Gasteiger partial charge in [0, 0.05) is 11.8 Å². The molecule has 0 saturated carbocycles. The Hall–Kier alpha value is -1.74. The van der Waals surface area contributed by atoms with E-state index >= 15 is 0 Å². The minimum Gasteiger partial charge on any atom is -0.466 e. The number of hydrogen-bond acceptors (Lipinski definition) is 4. The number of alkyl halides is 2. The Morgan fingerprint density at radius 2 is 2.33 bits per heavy atom. The van der Waals surface area contributed by atoms with Crippen LogP contribution >= 0.6 is 11.6 Å². The third-order valence-electron chi connectivity index (χ3n) is 2.13. The SMILES string of the molecule is CCOC(=O)Cc1cnc(Cl)c(C#N)c1C(F)F. The first kappa shape index (κ1) is 14.3. The summed E-state index contributed by atoms with van der Waals surface area (Å²) in [6, 6.07) is 1.56. The monoisotopic (exact) mass is 274 g/mol. The van der Waals surface area contributed by atoms with Gasteiger partial charge in [-0.2, -0.15) is 5.26 Å². The van der Waals surface area contributed by atoms with Gasteiger partial charge in [-0.05, 0) is 12.5 Å². The number of ether oxygens (including phenoxy) is 1. The number of halogens is 3. The fraction of sp³-hybridized carbons (Fsp3) is 0.364. The topological polar surface area (TPSA) is 63.0 Å². The Labute approximate surface area is 107 Å². The standard InChI is InChI=1S/C11H9ClF2N2O2/c1-2-18-8(17)3-6-5-16-10(12)7(4-15)9(6)11(13)14/h5,11H,2-3H2,1H3. The van der Waals surface area contributed by atoms with Crippen molar-refractivity contribution in [2.24, 2.45) is 0 Å². The number of aromatic nitrogens is 1. The fourth-order valence-electron chi connectivity index (χ4n) is 1.40. The first-order chi connectivity index (χ1) is 8.51. The van der Waals surface area contributed by atoms with E-state index in [2.05, 4.69) is 9.72 Å². The molecule has 0 spiro atoms. The van der Waals surface area contributed by atoms with Gasteiger partial charge in [-0.3, -0.25) is 4.79 Å². The van der Waals surface area contributed by atoms with Crippen LogP contribution in [0, 0.1) is 11.3 Å². The van der Waals surface area contributed by atoms with Gasteiger partial charge in [0.2, 0.25) is 0 Å². The lowest BCUT2D eigenvalue weighted by atomic mass is 10.0. The molecule has 0 unspecified atom stereocenters. The second-order valence-electron chi connectivity index (χ2n) is 3.26. The van der Waals surface area contributed by atoms with Crippen LogP contribution in [-0.4, -0.2) is 17.6 Å². The molecule has 0 saturated heterocycles. The van der Waals surface area contributed by atoms with Crippen molar-refractivity contribution in [2.45, 2.75) is 19.8 Å². The Bertz CT molecular complexity index is 501. The van der Waals surface area contributed by atoms with Crippen LogP contribution in [0.2, 0.25) is 5.15 Å². The van der Waals surface area contributed by atoms with Crippen molar-refractivity contribution in [3.05, 3.63) is 28.0 Å². The number of nitriles is 1. The number of carbonyl (C=O) groups excluding carboxylic acids is 1. The molecule has 1 aromatic heterocycles. The van der Waals surface area contributed by atoms with Gasteiger partial charge in [0.1, 0.15) is 11.2 Å². The molecule has 0 radical (unpaired) electrons. The van der Waals surface area contributed by atoms with Crippen molar-refractivity contribution in [3.8, 4) is 6.07 Å². The van der Waals surface area contributed by atoms with Gasteiger partial charge in [-0.25, -0.2) is 13.8 Å². The highest BCUT2D eigenvalue weighted by molar-refractivity contribution is 6.30. The summed E-state index contributed by atoms with van der Waals surface area (Å²) < 4.78 is 30.5. The van der Waals surface area contributed by atoms with Gasteiger partial charge in [0.25, 0.3) is 6.43 Å². The summed E-state index contributed by atoms with van der Waals surface area (Å²) in [6.45, 7) is 1.75. The molecular weight excluding hydrogens is 266 g/mol. The third-order valence-corrected chi connectivity index (χ3v) is 2.41. The predicted octanol–water partition coefficient (Wildman–Crippen LogP) is 2.65. The number of rotatable bonds is 4. The minimum atomic E-state index is -2.91.